The minimum atomic E-state index is -0.526. The molecule has 2 saturated heterocycles. The Morgan fingerprint density at radius 3 is 2.81 bits per heavy atom. The number of halogens is 1. The third kappa shape index (κ3) is 4.08. The number of hydrogen-bond acceptors (Lipinski definition) is 6. The Bertz CT molecular complexity index is 1090. The summed E-state index contributed by atoms with van der Waals surface area (Å²) in [5.74, 6) is -0.526. The highest BCUT2D eigenvalue weighted by molar-refractivity contribution is 6.33. The van der Waals surface area contributed by atoms with Crippen LogP contribution in [0, 0.1) is 6.92 Å². The van der Waals surface area contributed by atoms with E-state index in [0.717, 1.165) is 24.1 Å². The largest absolute Gasteiger partial charge is 0.370 e. The van der Waals surface area contributed by atoms with E-state index >= 15 is 0 Å². The summed E-state index contributed by atoms with van der Waals surface area (Å²) < 4.78 is 24.0. The van der Waals surface area contributed by atoms with Crippen LogP contribution in [0.4, 0.5) is 0 Å². The van der Waals surface area contributed by atoms with Crippen LogP contribution in [0.2, 0.25) is 5.15 Å². The molecule has 0 radical (unpaired) electrons. The molecule has 164 valence electrons. The molecule has 3 aliphatic rings. The number of nitrogens with zero attached hydrogens (tertiary/aromatic N) is 2. The van der Waals surface area contributed by atoms with Crippen molar-refractivity contribution in [2.24, 2.45) is 0 Å². The molecule has 1 N–H and O–H groups in total. The Kier molecular flexibility index (Phi) is 5.48. The Hall–Kier alpha value is -2.03. The summed E-state index contributed by atoms with van der Waals surface area (Å²) in [6.45, 7) is 7.37. The normalized spacial score (nSPS) is 28.6. The maximum Gasteiger partial charge on any atom is 0.164 e. The molecular weight excluding hydrogens is 418 g/mol. The van der Waals surface area contributed by atoms with Gasteiger partial charge in [0.1, 0.15) is 41.5 Å². The molecule has 3 aromatic rings. The van der Waals surface area contributed by atoms with Crippen LogP contribution in [0.5, 0.6) is 0 Å². The summed E-state index contributed by atoms with van der Waals surface area (Å²) in [6.07, 6.45) is 4.02. The zero-order valence-corrected chi connectivity index (χ0v) is 18.6. The quantitative estimate of drug-likeness (QED) is 0.569. The predicted octanol–water partition coefficient (Wildman–Crippen LogP) is 4.14. The number of H-pyrrole nitrogens is 1. The zero-order chi connectivity index (χ0) is 21.6. The first kappa shape index (κ1) is 20.8. The number of nitrogens with one attached hydrogen (secondary N) is 1. The summed E-state index contributed by atoms with van der Waals surface area (Å²) in [5, 5.41) is 1.36. The zero-order valence-electron chi connectivity index (χ0n) is 17.8. The molecule has 7 nitrogen and oxygen atoms in total. The van der Waals surface area contributed by atoms with Crippen LogP contribution < -0.4 is 0 Å². The van der Waals surface area contributed by atoms with Gasteiger partial charge in [0, 0.05) is 6.20 Å². The predicted molar refractivity (Wildman–Crippen MR) is 116 cm³/mol. The third-order valence-corrected chi connectivity index (χ3v) is 6.18. The Labute approximate surface area is 186 Å². The second-order valence-electron chi connectivity index (χ2n) is 8.58. The molecule has 8 heteroatoms. The first-order chi connectivity index (χ1) is 14.9. The highest BCUT2D eigenvalue weighted by Gasteiger charge is 2.53. The van der Waals surface area contributed by atoms with Gasteiger partial charge in [-0.1, -0.05) is 35.4 Å². The van der Waals surface area contributed by atoms with Crippen LogP contribution in [0.1, 0.15) is 36.6 Å². The van der Waals surface area contributed by atoms with Crippen molar-refractivity contribution in [3.63, 3.8) is 0 Å². The molecule has 3 aliphatic heterocycles. The molecule has 0 aliphatic carbocycles. The molecule has 0 amide bonds. The SMILES string of the molecule is Cc1ccc2c(c1)CCOC2C1OCC2OC(C)(C)OC21.Clc1ncnc2[nH]ccc12. The molecule has 1 aromatic carbocycles. The van der Waals surface area contributed by atoms with Gasteiger partial charge < -0.3 is 23.9 Å². The van der Waals surface area contributed by atoms with Crippen molar-refractivity contribution in [1.29, 1.82) is 0 Å². The van der Waals surface area contributed by atoms with E-state index in [9.17, 15) is 0 Å². The standard InChI is InChI=1S/C17H22O4.C6H4ClN3/c1-10-4-5-12-11(8-10)6-7-18-14(12)16-15-13(9-19-16)20-17(2,3)21-15;7-5-4-1-2-8-6(4)10-3-9-5/h4-5,8,13-16H,6-7,9H2,1-3H3;1-3H,(H,8,9,10). The van der Waals surface area contributed by atoms with Gasteiger partial charge in [-0.2, -0.15) is 0 Å². The molecular formula is C23H26ClN3O4. The lowest BCUT2D eigenvalue weighted by atomic mass is 9.91. The number of ether oxygens (including phenoxy) is 4. The molecule has 0 spiro atoms. The van der Waals surface area contributed by atoms with Gasteiger partial charge >= 0.3 is 0 Å². The van der Waals surface area contributed by atoms with Gasteiger partial charge in [-0.25, -0.2) is 9.97 Å². The van der Waals surface area contributed by atoms with E-state index in [-0.39, 0.29) is 24.4 Å². The minimum Gasteiger partial charge on any atom is -0.370 e. The molecule has 31 heavy (non-hydrogen) atoms. The van der Waals surface area contributed by atoms with E-state index in [0.29, 0.717) is 11.8 Å². The van der Waals surface area contributed by atoms with E-state index in [1.54, 1.807) is 6.20 Å². The highest BCUT2D eigenvalue weighted by Crippen LogP contribution is 2.42. The maximum atomic E-state index is 6.05. The van der Waals surface area contributed by atoms with Crippen LogP contribution in [-0.2, 0) is 25.4 Å². The molecule has 0 bridgehead atoms. The first-order valence-corrected chi connectivity index (χ1v) is 10.9. The first-order valence-electron chi connectivity index (χ1n) is 10.5. The van der Waals surface area contributed by atoms with Crippen LogP contribution in [0.15, 0.2) is 36.8 Å². The summed E-state index contributed by atoms with van der Waals surface area (Å²) in [7, 11) is 0. The minimum absolute atomic E-state index is 0.0180. The van der Waals surface area contributed by atoms with Gasteiger partial charge in [-0.15, -0.1) is 0 Å². The Morgan fingerprint density at radius 2 is 1.97 bits per heavy atom. The van der Waals surface area contributed by atoms with Crippen molar-refractivity contribution < 1.29 is 18.9 Å². The topological polar surface area (TPSA) is 78.5 Å². The lowest BCUT2D eigenvalue weighted by Gasteiger charge is -2.32. The van der Waals surface area contributed by atoms with Crippen molar-refractivity contribution >= 4 is 22.6 Å². The number of aryl methyl sites for hydroxylation is 1. The summed E-state index contributed by atoms with van der Waals surface area (Å²) in [6, 6.07) is 8.42. The molecule has 5 heterocycles. The number of hydrogen-bond donors (Lipinski definition) is 1. The van der Waals surface area contributed by atoms with E-state index in [1.165, 1.54) is 23.0 Å². The van der Waals surface area contributed by atoms with E-state index < -0.39 is 5.79 Å². The smallest absolute Gasteiger partial charge is 0.164 e. The van der Waals surface area contributed by atoms with Crippen molar-refractivity contribution in [3.8, 4) is 0 Å². The van der Waals surface area contributed by atoms with Crippen molar-refractivity contribution in [2.45, 2.75) is 57.4 Å². The Balaban J connectivity index is 0.000000171. The van der Waals surface area contributed by atoms with Gasteiger partial charge in [0.15, 0.2) is 5.79 Å². The second kappa shape index (κ2) is 8.15. The van der Waals surface area contributed by atoms with Gasteiger partial charge in [0.25, 0.3) is 0 Å². The molecule has 0 saturated carbocycles. The van der Waals surface area contributed by atoms with E-state index in [2.05, 4.69) is 40.1 Å². The van der Waals surface area contributed by atoms with E-state index in [1.807, 2.05) is 19.9 Å². The number of fused-ring (bicyclic) bond motifs is 3. The molecule has 6 rings (SSSR count). The van der Waals surface area contributed by atoms with Crippen molar-refractivity contribution in [3.05, 3.63) is 58.6 Å². The highest BCUT2D eigenvalue weighted by atomic mass is 35.5. The molecule has 4 atom stereocenters. The van der Waals surface area contributed by atoms with Crippen molar-refractivity contribution in [1.82, 2.24) is 15.0 Å². The molecule has 2 fully saturated rings. The number of aromatic amines is 1. The van der Waals surface area contributed by atoms with E-state index in [4.69, 9.17) is 30.5 Å². The van der Waals surface area contributed by atoms with Gasteiger partial charge in [0.2, 0.25) is 0 Å². The Morgan fingerprint density at radius 1 is 1.10 bits per heavy atom. The van der Waals surface area contributed by atoms with Crippen LogP contribution >= 0.6 is 11.6 Å². The van der Waals surface area contributed by atoms with Crippen LogP contribution in [0.3, 0.4) is 0 Å². The number of rotatable bonds is 1. The maximum absolute atomic E-state index is 6.05. The molecule has 4 unspecified atom stereocenters. The van der Waals surface area contributed by atoms with Crippen LogP contribution in [-0.4, -0.2) is 52.3 Å². The van der Waals surface area contributed by atoms with Crippen molar-refractivity contribution in [2.75, 3.05) is 13.2 Å². The lowest BCUT2D eigenvalue weighted by molar-refractivity contribution is -0.189. The average molecular weight is 444 g/mol. The van der Waals surface area contributed by atoms with Gasteiger partial charge in [-0.3, -0.25) is 0 Å². The lowest BCUT2D eigenvalue weighted by Crippen LogP contribution is -2.37. The fourth-order valence-electron chi connectivity index (χ4n) is 4.56. The fourth-order valence-corrected chi connectivity index (χ4v) is 4.75. The van der Waals surface area contributed by atoms with Crippen LogP contribution in [0.25, 0.3) is 11.0 Å². The monoisotopic (exact) mass is 443 g/mol. The van der Waals surface area contributed by atoms with Gasteiger partial charge in [-0.05, 0) is 44.4 Å². The van der Waals surface area contributed by atoms with Gasteiger partial charge in [0.05, 0.1) is 18.6 Å². The fraction of sp³-hybridized carbons (Fsp3) is 0.478. The average Bonchev–Trinajstić information content (AvgIpc) is 3.42. The third-order valence-electron chi connectivity index (χ3n) is 5.88. The second-order valence-corrected chi connectivity index (χ2v) is 8.94. The summed E-state index contributed by atoms with van der Waals surface area (Å²) in [4.78, 5) is 10.7. The summed E-state index contributed by atoms with van der Waals surface area (Å²) >= 11 is 5.73. The number of benzene rings is 1. The molecule has 2 aromatic heterocycles. The summed E-state index contributed by atoms with van der Waals surface area (Å²) in [5.41, 5.74) is 4.68. The number of aromatic nitrogens is 3.